The predicted molar refractivity (Wildman–Crippen MR) is 211 cm³/mol. The van der Waals surface area contributed by atoms with E-state index in [4.69, 9.17) is 24.4 Å². The smallest absolute Gasteiger partial charge is 0.407 e. The van der Waals surface area contributed by atoms with E-state index in [0.717, 1.165) is 91.7 Å². The van der Waals surface area contributed by atoms with Crippen LogP contribution in [0.4, 0.5) is 9.59 Å². The maximum Gasteiger partial charge on any atom is 0.407 e. The summed E-state index contributed by atoms with van der Waals surface area (Å²) in [7, 11) is 2.59. The minimum Gasteiger partial charge on any atom is -0.453 e. The first kappa shape index (κ1) is 37.4. The summed E-state index contributed by atoms with van der Waals surface area (Å²) in [5.41, 5.74) is 5.62. The molecule has 0 spiro atoms. The highest BCUT2D eigenvalue weighted by Gasteiger charge is 2.40. The van der Waals surface area contributed by atoms with Gasteiger partial charge in [0.15, 0.2) is 0 Å². The first-order chi connectivity index (χ1) is 26.9. The topological polar surface area (TPSA) is 188 Å². The zero-order chi connectivity index (χ0) is 39.4. The van der Waals surface area contributed by atoms with Crippen LogP contribution in [0.2, 0.25) is 0 Å². The van der Waals surface area contributed by atoms with Gasteiger partial charge in [0.05, 0.1) is 59.3 Å². The molecule has 0 saturated carbocycles. The number of nitrogens with zero attached hydrogens (tertiary/aromatic N) is 5. The minimum absolute atomic E-state index is 0.109. The molecule has 294 valence electrons. The fourth-order valence-electron chi connectivity index (χ4n) is 8.36. The molecule has 56 heavy (non-hydrogen) atoms. The quantitative estimate of drug-likeness (QED) is 0.132. The second-order valence-corrected chi connectivity index (χ2v) is 16.5. The van der Waals surface area contributed by atoms with Crippen LogP contribution in [0, 0.1) is 11.8 Å². The van der Waals surface area contributed by atoms with Gasteiger partial charge < -0.3 is 39.9 Å². The van der Waals surface area contributed by atoms with E-state index in [1.54, 1.807) is 11.3 Å². The zero-order valence-electron chi connectivity index (χ0n) is 32.4. The molecule has 2 fully saturated rings. The summed E-state index contributed by atoms with van der Waals surface area (Å²) in [4.78, 5) is 78.2. The van der Waals surface area contributed by atoms with Gasteiger partial charge in [-0.05, 0) is 55.0 Å². The van der Waals surface area contributed by atoms with E-state index in [1.807, 2.05) is 43.6 Å². The number of hydrogen-bond acceptors (Lipinski definition) is 10. The number of amides is 4. The Balaban J connectivity index is 1.02. The second kappa shape index (κ2) is 14.9. The first-order valence-corrected chi connectivity index (χ1v) is 20.1. The van der Waals surface area contributed by atoms with Crippen molar-refractivity contribution in [2.75, 3.05) is 27.3 Å². The third-order valence-electron chi connectivity index (χ3n) is 11.3. The number of carbonyl (C=O) groups is 4. The molecule has 4 N–H and O–H groups in total. The molecule has 4 atom stereocenters. The SMILES string of the molecule is COC(=O)N[C@H](C(=O)N1CCC[C@H]1c1nc2c([nH]1)-c1sc(-c3ccc4c(ccc5nc([C@@H]6CCCN6C(=O)[C@@H](NC(=O)OC)C(C)C)[nH]c54)c3)nc1C2)C(C)C. The van der Waals surface area contributed by atoms with E-state index in [1.165, 1.54) is 14.2 Å². The van der Waals surface area contributed by atoms with Crippen LogP contribution in [0.3, 0.4) is 0 Å². The highest BCUT2D eigenvalue weighted by atomic mass is 32.1. The maximum absolute atomic E-state index is 13.7. The van der Waals surface area contributed by atoms with Crippen molar-refractivity contribution >= 4 is 57.1 Å². The van der Waals surface area contributed by atoms with E-state index in [2.05, 4.69) is 44.9 Å². The standard InChI is InChI=1S/C40H47N9O6S/c1-19(2)29(46-39(52)54-5)37(50)48-15-7-9-27(48)34-41-24-14-12-21-17-22(11-13-23(21)31(24)44-34)36-43-26-18-25-32(33(26)56-36)45-35(42-25)28-10-8-16-49(28)38(51)30(20(3)4)47-40(53)55-6/h11-14,17,19-20,27-30H,7-10,15-16,18H2,1-6H3,(H,41,44)(H,42,45)(H,46,52)(H,47,53)/t27-,28-,29-,30-/m0/s1. The number of aromatic nitrogens is 5. The number of carbonyl (C=O) groups excluding carboxylic acids is 4. The number of fused-ring (bicyclic) bond motifs is 6. The molecule has 0 unspecified atom stereocenters. The summed E-state index contributed by atoms with van der Waals surface area (Å²) in [5, 5.41) is 8.40. The molecule has 0 bridgehead atoms. The molecule has 2 aromatic carbocycles. The number of benzene rings is 2. The van der Waals surface area contributed by atoms with Gasteiger partial charge in [-0.1, -0.05) is 45.9 Å². The van der Waals surface area contributed by atoms with Crippen molar-refractivity contribution in [2.45, 2.75) is 84.0 Å². The molecule has 8 rings (SSSR count). The third kappa shape index (κ3) is 6.62. The molecule has 3 aromatic heterocycles. The van der Waals surface area contributed by atoms with Crippen molar-refractivity contribution in [2.24, 2.45) is 11.8 Å². The Morgan fingerprint density at radius 2 is 1.39 bits per heavy atom. The molecule has 3 aliphatic rings. The van der Waals surface area contributed by atoms with Gasteiger partial charge in [-0.2, -0.15) is 0 Å². The van der Waals surface area contributed by atoms with E-state index in [-0.39, 0.29) is 35.7 Å². The van der Waals surface area contributed by atoms with Gasteiger partial charge >= 0.3 is 12.2 Å². The summed E-state index contributed by atoms with van der Waals surface area (Å²) in [5.74, 6) is 0.997. The number of imidazole rings is 2. The number of alkyl carbamates (subject to hydrolysis) is 2. The summed E-state index contributed by atoms with van der Waals surface area (Å²) in [6, 6.07) is 8.58. The number of methoxy groups -OCH3 is 2. The Morgan fingerprint density at radius 3 is 1.98 bits per heavy atom. The summed E-state index contributed by atoms with van der Waals surface area (Å²) < 4.78 is 9.56. The third-order valence-corrected chi connectivity index (χ3v) is 12.4. The molecule has 2 saturated heterocycles. The van der Waals surface area contributed by atoms with Crippen LogP contribution in [-0.2, 0) is 25.5 Å². The van der Waals surface area contributed by atoms with Crippen LogP contribution in [-0.4, -0.2) is 98.1 Å². The van der Waals surface area contributed by atoms with E-state index in [9.17, 15) is 19.2 Å². The normalized spacial score (nSPS) is 18.8. The van der Waals surface area contributed by atoms with Crippen LogP contribution >= 0.6 is 11.3 Å². The van der Waals surface area contributed by atoms with E-state index in [0.29, 0.717) is 19.5 Å². The van der Waals surface area contributed by atoms with Crippen LogP contribution in [0.1, 0.15) is 88.5 Å². The van der Waals surface area contributed by atoms with Crippen molar-refractivity contribution in [3.63, 3.8) is 0 Å². The Labute approximate surface area is 327 Å². The molecule has 15 nitrogen and oxygen atoms in total. The lowest BCUT2D eigenvalue weighted by Crippen LogP contribution is -2.51. The maximum atomic E-state index is 13.7. The van der Waals surface area contributed by atoms with Crippen LogP contribution in [0.15, 0.2) is 30.3 Å². The zero-order valence-corrected chi connectivity index (χ0v) is 33.2. The number of hydrogen-bond donors (Lipinski definition) is 4. The largest absolute Gasteiger partial charge is 0.453 e. The predicted octanol–water partition coefficient (Wildman–Crippen LogP) is 6.22. The van der Waals surface area contributed by atoms with Crippen molar-refractivity contribution in [1.29, 1.82) is 0 Å². The Kier molecular flexibility index (Phi) is 9.93. The average molecular weight is 782 g/mol. The molecule has 2 aliphatic heterocycles. The van der Waals surface area contributed by atoms with Crippen molar-refractivity contribution < 1.29 is 28.7 Å². The fraction of sp³-hybridized carbons (Fsp3) is 0.475. The number of aromatic amines is 2. The number of H-pyrrole nitrogens is 2. The second-order valence-electron chi connectivity index (χ2n) is 15.5. The van der Waals surface area contributed by atoms with Crippen LogP contribution in [0.5, 0.6) is 0 Å². The van der Waals surface area contributed by atoms with E-state index >= 15 is 0 Å². The highest BCUT2D eigenvalue weighted by molar-refractivity contribution is 7.18. The molecule has 16 heteroatoms. The van der Waals surface area contributed by atoms with Gasteiger partial charge in [-0.3, -0.25) is 9.59 Å². The van der Waals surface area contributed by atoms with Gasteiger partial charge in [0, 0.05) is 30.5 Å². The van der Waals surface area contributed by atoms with Gasteiger partial charge in [0.1, 0.15) is 28.7 Å². The Hall–Kier alpha value is -5.51. The molecular formula is C40H47N9O6S. The van der Waals surface area contributed by atoms with Gasteiger partial charge in [-0.25, -0.2) is 24.5 Å². The number of thiazole rings is 1. The number of nitrogens with one attached hydrogen (secondary N) is 4. The molecule has 1 aliphatic carbocycles. The van der Waals surface area contributed by atoms with Crippen LogP contribution in [0.25, 0.3) is 42.9 Å². The minimum atomic E-state index is -0.699. The fourth-order valence-corrected chi connectivity index (χ4v) is 9.46. The number of rotatable bonds is 9. The van der Waals surface area contributed by atoms with Gasteiger partial charge in [0.2, 0.25) is 11.8 Å². The summed E-state index contributed by atoms with van der Waals surface area (Å²) >= 11 is 1.63. The number of ether oxygens (including phenoxy) is 2. The lowest BCUT2D eigenvalue weighted by atomic mass is 10.0. The summed E-state index contributed by atoms with van der Waals surface area (Å²) in [6.45, 7) is 8.81. The van der Waals surface area contributed by atoms with Gasteiger partial charge in [-0.15, -0.1) is 11.3 Å². The Morgan fingerprint density at radius 1 is 0.786 bits per heavy atom. The first-order valence-electron chi connectivity index (χ1n) is 19.3. The number of likely N-dealkylation sites (tertiary alicyclic amines) is 2. The summed E-state index contributed by atoms with van der Waals surface area (Å²) in [6.07, 6.45) is 2.61. The molecule has 0 radical (unpaired) electrons. The lowest BCUT2D eigenvalue weighted by molar-refractivity contribution is -0.136. The average Bonchev–Trinajstić information content (AvgIpc) is 4.04. The van der Waals surface area contributed by atoms with Crippen molar-refractivity contribution in [3.8, 4) is 21.1 Å². The lowest BCUT2D eigenvalue weighted by Gasteiger charge is -2.30. The molecule has 5 heterocycles. The van der Waals surface area contributed by atoms with Crippen molar-refractivity contribution in [1.82, 2.24) is 45.4 Å². The van der Waals surface area contributed by atoms with E-state index < -0.39 is 24.3 Å². The molecular weight excluding hydrogens is 735 g/mol. The highest BCUT2D eigenvalue weighted by Crippen LogP contribution is 2.44. The van der Waals surface area contributed by atoms with Crippen LogP contribution < -0.4 is 10.6 Å². The molecule has 5 aromatic rings. The molecule has 4 amide bonds. The monoisotopic (exact) mass is 781 g/mol. The Bertz CT molecular complexity index is 2350. The van der Waals surface area contributed by atoms with Gasteiger partial charge in [0.25, 0.3) is 0 Å². The van der Waals surface area contributed by atoms with Crippen molar-refractivity contribution in [3.05, 3.63) is 53.4 Å².